The molecule has 1 aromatic heterocycles. The van der Waals surface area contributed by atoms with Crippen LogP contribution < -0.4 is 5.73 Å². The first kappa shape index (κ1) is 16.6. The summed E-state index contributed by atoms with van der Waals surface area (Å²) < 4.78 is 2.09. The lowest BCUT2D eigenvalue weighted by Gasteiger charge is -2.44. The molecule has 2 fully saturated rings. The summed E-state index contributed by atoms with van der Waals surface area (Å²) in [6, 6.07) is 8.41. The smallest absolute Gasteiger partial charge is 0.225 e. The van der Waals surface area contributed by atoms with Crippen molar-refractivity contribution in [1.29, 1.82) is 0 Å². The van der Waals surface area contributed by atoms with Crippen LogP contribution in [0.5, 0.6) is 0 Å². The molecule has 2 saturated carbocycles. The minimum atomic E-state index is 0.134. The number of imidazole rings is 1. The molecule has 0 aliphatic heterocycles. The van der Waals surface area contributed by atoms with Gasteiger partial charge in [-0.25, -0.2) is 4.98 Å². The highest BCUT2D eigenvalue weighted by Gasteiger charge is 2.41. The van der Waals surface area contributed by atoms with Crippen LogP contribution in [0.15, 0.2) is 24.3 Å². The van der Waals surface area contributed by atoms with E-state index in [1.165, 1.54) is 19.3 Å². The molecule has 1 amide bonds. The van der Waals surface area contributed by atoms with Crippen molar-refractivity contribution >= 4 is 16.9 Å². The molecule has 2 aliphatic carbocycles. The first-order chi connectivity index (χ1) is 12.0. The first-order valence-corrected chi connectivity index (χ1v) is 9.45. The highest BCUT2D eigenvalue weighted by atomic mass is 16.2. The van der Waals surface area contributed by atoms with Crippen LogP contribution in [0.4, 0.5) is 0 Å². The minimum absolute atomic E-state index is 0.134. The van der Waals surface area contributed by atoms with Gasteiger partial charge in [-0.3, -0.25) is 4.79 Å². The molecule has 25 heavy (non-hydrogen) atoms. The second-order valence-electron chi connectivity index (χ2n) is 7.97. The Morgan fingerprint density at radius 3 is 2.64 bits per heavy atom. The number of aryl methyl sites for hydroxylation is 1. The van der Waals surface area contributed by atoms with Gasteiger partial charge in [0.2, 0.25) is 5.91 Å². The number of rotatable bonds is 3. The number of benzene rings is 1. The SMILES string of the molecule is CN(Cc1nc2ccccc2n1C)C(=O)C1CC2CCCC(C1)C2N. The van der Waals surface area contributed by atoms with Crippen LogP contribution in [-0.2, 0) is 18.4 Å². The number of nitrogens with zero attached hydrogens (tertiary/aromatic N) is 3. The lowest BCUT2D eigenvalue weighted by atomic mass is 9.65. The third-order valence-electron chi connectivity index (χ3n) is 6.40. The lowest BCUT2D eigenvalue weighted by molar-refractivity contribution is -0.138. The second kappa shape index (κ2) is 6.45. The Morgan fingerprint density at radius 1 is 1.28 bits per heavy atom. The van der Waals surface area contributed by atoms with Gasteiger partial charge in [0.25, 0.3) is 0 Å². The van der Waals surface area contributed by atoms with E-state index >= 15 is 0 Å². The van der Waals surface area contributed by atoms with Crippen LogP contribution in [0.2, 0.25) is 0 Å². The van der Waals surface area contributed by atoms with E-state index < -0.39 is 0 Å². The van der Waals surface area contributed by atoms with E-state index in [0.717, 1.165) is 29.7 Å². The summed E-state index contributed by atoms with van der Waals surface area (Å²) in [5.41, 5.74) is 8.46. The summed E-state index contributed by atoms with van der Waals surface area (Å²) in [6.07, 6.45) is 5.58. The highest BCUT2D eigenvalue weighted by Crippen LogP contribution is 2.42. The zero-order valence-electron chi connectivity index (χ0n) is 15.2. The Bertz CT molecular complexity index is 769. The number of carbonyl (C=O) groups is 1. The van der Waals surface area contributed by atoms with Crippen molar-refractivity contribution in [2.75, 3.05) is 7.05 Å². The molecule has 1 aromatic carbocycles. The maximum atomic E-state index is 13.0. The monoisotopic (exact) mass is 340 g/mol. The third-order valence-corrected chi connectivity index (χ3v) is 6.40. The van der Waals surface area contributed by atoms with E-state index in [2.05, 4.69) is 10.6 Å². The number of para-hydroxylation sites is 2. The fourth-order valence-electron chi connectivity index (χ4n) is 4.93. The summed E-state index contributed by atoms with van der Waals surface area (Å²) in [5.74, 6) is 2.39. The molecule has 4 rings (SSSR count). The van der Waals surface area contributed by atoms with Crippen molar-refractivity contribution in [3.8, 4) is 0 Å². The van der Waals surface area contributed by atoms with Crippen molar-refractivity contribution in [2.24, 2.45) is 30.5 Å². The molecule has 5 nitrogen and oxygen atoms in total. The second-order valence-corrected chi connectivity index (χ2v) is 7.97. The van der Waals surface area contributed by atoms with Crippen LogP contribution in [0.3, 0.4) is 0 Å². The quantitative estimate of drug-likeness (QED) is 0.934. The van der Waals surface area contributed by atoms with Gasteiger partial charge in [0.05, 0.1) is 17.6 Å². The van der Waals surface area contributed by atoms with Crippen molar-refractivity contribution < 1.29 is 4.79 Å². The Balaban J connectivity index is 1.48. The fraction of sp³-hybridized carbons (Fsp3) is 0.600. The van der Waals surface area contributed by atoms with Gasteiger partial charge >= 0.3 is 0 Å². The average molecular weight is 340 g/mol. The van der Waals surface area contributed by atoms with Crippen molar-refractivity contribution in [3.05, 3.63) is 30.1 Å². The number of hydrogen-bond donors (Lipinski definition) is 1. The molecule has 2 bridgehead atoms. The number of fused-ring (bicyclic) bond motifs is 3. The summed E-state index contributed by atoms with van der Waals surface area (Å²) in [5, 5.41) is 0. The van der Waals surface area contributed by atoms with Gasteiger partial charge in [-0.1, -0.05) is 18.6 Å². The number of aromatic nitrogens is 2. The van der Waals surface area contributed by atoms with Gasteiger partial charge in [0, 0.05) is 26.1 Å². The van der Waals surface area contributed by atoms with Gasteiger partial charge in [-0.05, 0) is 49.7 Å². The molecule has 0 spiro atoms. The molecule has 2 aliphatic rings. The van der Waals surface area contributed by atoms with Crippen LogP contribution in [0.25, 0.3) is 11.0 Å². The predicted octanol–water partition coefficient (Wildman–Crippen LogP) is 2.69. The fourth-order valence-corrected chi connectivity index (χ4v) is 4.93. The van der Waals surface area contributed by atoms with E-state index in [-0.39, 0.29) is 11.8 Å². The molecule has 2 N–H and O–H groups in total. The maximum absolute atomic E-state index is 13.0. The van der Waals surface area contributed by atoms with Crippen molar-refractivity contribution in [1.82, 2.24) is 14.5 Å². The van der Waals surface area contributed by atoms with Gasteiger partial charge < -0.3 is 15.2 Å². The van der Waals surface area contributed by atoms with Crippen LogP contribution in [0, 0.1) is 17.8 Å². The molecule has 0 radical (unpaired) electrons. The summed E-state index contributed by atoms with van der Waals surface area (Å²) in [4.78, 5) is 19.6. The Hall–Kier alpha value is -1.88. The average Bonchev–Trinajstić information content (AvgIpc) is 2.90. The number of amides is 1. The standard InChI is InChI=1S/C20H28N4O/c1-23(12-18-22-16-8-3-4-9-17(16)24(18)2)20(25)15-10-13-6-5-7-14(11-15)19(13)21/h3-4,8-9,13-15,19H,5-7,10-12,21H2,1-2H3. The highest BCUT2D eigenvalue weighted by molar-refractivity contribution is 5.79. The molecule has 134 valence electrons. The van der Waals surface area contributed by atoms with Gasteiger partial charge in [-0.15, -0.1) is 0 Å². The molecular weight excluding hydrogens is 312 g/mol. The first-order valence-electron chi connectivity index (χ1n) is 9.45. The zero-order chi connectivity index (χ0) is 17.6. The van der Waals surface area contributed by atoms with Gasteiger partial charge in [-0.2, -0.15) is 0 Å². The number of nitrogens with two attached hydrogens (primary N) is 1. The van der Waals surface area contributed by atoms with E-state index in [9.17, 15) is 4.79 Å². The van der Waals surface area contributed by atoms with E-state index in [0.29, 0.717) is 24.4 Å². The van der Waals surface area contributed by atoms with E-state index in [4.69, 9.17) is 10.7 Å². The largest absolute Gasteiger partial charge is 0.338 e. The Labute approximate surface area is 149 Å². The minimum Gasteiger partial charge on any atom is -0.338 e. The molecule has 0 saturated heterocycles. The van der Waals surface area contributed by atoms with Gasteiger partial charge in [0.15, 0.2) is 0 Å². The Morgan fingerprint density at radius 2 is 1.96 bits per heavy atom. The topological polar surface area (TPSA) is 64.2 Å². The van der Waals surface area contributed by atoms with E-state index in [1.54, 1.807) is 0 Å². The molecule has 1 heterocycles. The summed E-state index contributed by atoms with van der Waals surface area (Å²) in [7, 11) is 3.93. The van der Waals surface area contributed by atoms with E-state index in [1.807, 2.05) is 37.2 Å². The van der Waals surface area contributed by atoms with Crippen molar-refractivity contribution in [2.45, 2.75) is 44.7 Å². The Kier molecular flexibility index (Phi) is 4.28. The zero-order valence-corrected chi connectivity index (χ0v) is 15.2. The number of carbonyl (C=O) groups excluding carboxylic acids is 1. The van der Waals surface area contributed by atoms with Crippen LogP contribution >= 0.6 is 0 Å². The number of hydrogen-bond acceptors (Lipinski definition) is 3. The third kappa shape index (κ3) is 2.95. The van der Waals surface area contributed by atoms with Crippen LogP contribution in [0.1, 0.15) is 37.9 Å². The molecular formula is C20H28N4O. The molecule has 2 unspecified atom stereocenters. The van der Waals surface area contributed by atoms with Crippen LogP contribution in [-0.4, -0.2) is 33.4 Å². The maximum Gasteiger partial charge on any atom is 0.225 e. The summed E-state index contributed by atoms with van der Waals surface area (Å²) in [6.45, 7) is 0.557. The molecule has 2 aromatic rings. The molecule has 5 heteroatoms. The van der Waals surface area contributed by atoms with Crippen molar-refractivity contribution in [3.63, 3.8) is 0 Å². The normalized spacial score (nSPS) is 28.9. The predicted molar refractivity (Wildman–Crippen MR) is 98.7 cm³/mol. The molecule has 2 atom stereocenters. The van der Waals surface area contributed by atoms with Gasteiger partial charge in [0.1, 0.15) is 5.82 Å². The lowest BCUT2D eigenvalue weighted by Crippen LogP contribution is -2.49. The summed E-state index contributed by atoms with van der Waals surface area (Å²) >= 11 is 0.